The van der Waals surface area contributed by atoms with Crippen molar-refractivity contribution in [3.63, 3.8) is 0 Å². The molecule has 1 rings (SSSR count). The van der Waals surface area contributed by atoms with Crippen molar-refractivity contribution in [2.45, 2.75) is 36.5 Å². The summed E-state index contributed by atoms with van der Waals surface area (Å²) in [4.78, 5) is 24.4. The molecule has 118 valence electrons. The van der Waals surface area contributed by atoms with Gasteiger partial charge in [0, 0.05) is 23.3 Å². The van der Waals surface area contributed by atoms with E-state index in [1.807, 2.05) is 32.0 Å². The number of nitrogens with zero attached hydrogens (tertiary/aromatic N) is 1. The number of carboxylic acids is 1. The number of carboxylic acid groups (broad SMARTS) is 1. The van der Waals surface area contributed by atoms with E-state index in [-0.39, 0.29) is 23.5 Å². The highest BCUT2D eigenvalue weighted by atomic mass is 33.1. The van der Waals surface area contributed by atoms with E-state index in [9.17, 15) is 14.3 Å². The molecule has 1 heterocycles. The summed E-state index contributed by atoms with van der Waals surface area (Å²) in [7, 11) is -0.219. The van der Waals surface area contributed by atoms with E-state index in [1.165, 1.54) is 10.8 Å². The maximum Gasteiger partial charge on any atom is 0.303 e. The lowest BCUT2D eigenvalue weighted by Crippen LogP contribution is -2.16. The molecular weight excluding hydrogens is 329 g/mol. The summed E-state index contributed by atoms with van der Waals surface area (Å²) in [6.45, 7) is 4.01. The molecule has 0 bridgehead atoms. The third-order valence-electron chi connectivity index (χ3n) is 2.73. The molecule has 1 aromatic heterocycles. The smallest absolute Gasteiger partial charge is 0.303 e. The maximum atomic E-state index is 11.9. The predicted molar refractivity (Wildman–Crippen MR) is 88.2 cm³/mol. The zero-order valence-electron chi connectivity index (χ0n) is 12.1. The fourth-order valence-corrected chi connectivity index (χ4v) is 5.46. The lowest BCUT2D eigenvalue weighted by molar-refractivity contribution is -0.136. The Morgan fingerprint density at radius 3 is 2.67 bits per heavy atom. The van der Waals surface area contributed by atoms with Gasteiger partial charge < -0.3 is 10.00 Å². The number of aliphatic carboxylic acids is 1. The molecule has 0 saturated heterocycles. The average molecular weight is 349 g/mol. The van der Waals surface area contributed by atoms with Crippen molar-refractivity contribution < 1.29 is 19.4 Å². The SMILES string of the molecule is CC(C)(CCP(=O)(O)CCC(=O)O)SSc1ccccn1. The third-order valence-corrected chi connectivity index (χ3v) is 7.84. The second-order valence-corrected chi connectivity index (χ2v) is 10.7. The van der Waals surface area contributed by atoms with Gasteiger partial charge in [-0.25, -0.2) is 4.98 Å². The van der Waals surface area contributed by atoms with Crippen LogP contribution in [0.3, 0.4) is 0 Å². The number of carbonyl (C=O) groups is 1. The quantitative estimate of drug-likeness (QED) is 0.519. The molecule has 1 unspecified atom stereocenters. The average Bonchev–Trinajstić information content (AvgIpc) is 2.43. The molecule has 0 aliphatic heterocycles. The van der Waals surface area contributed by atoms with Crippen molar-refractivity contribution in [3.8, 4) is 0 Å². The van der Waals surface area contributed by atoms with Crippen LogP contribution in [0, 0.1) is 0 Å². The van der Waals surface area contributed by atoms with E-state index in [4.69, 9.17) is 5.11 Å². The molecule has 1 aromatic rings. The number of aromatic nitrogens is 1. The molecule has 0 aliphatic rings. The van der Waals surface area contributed by atoms with Crippen molar-refractivity contribution in [3.05, 3.63) is 24.4 Å². The number of hydrogen-bond acceptors (Lipinski definition) is 5. The number of hydrogen-bond donors (Lipinski definition) is 2. The number of rotatable bonds is 9. The van der Waals surface area contributed by atoms with Gasteiger partial charge in [-0.3, -0.25) is 9.36 Å². The second kappa shape index (κ2) is 8.22. The normalized spacial score (nSPS) is 14.6. The summed E-state index contributed by atoms with van der Waals surface area (Å²) < 4.78 is 11.7. The number of pyridine rings is 1. The van der Waals surface area contributed by atoms with Crippen LogP contribution in [-0.2, 0) is 9.36 Å². The highest BCUT2D eigenvalue weighted by Crippen LogP contribution is 2.47. The van der Waals surface area contributed by atoms with Gasteiger partial charge in [-0.05, 0) is 43.2 Å². The van der Waals surface area contributed by atoms with Gasteiger partial charge in [-0.1, -0.05) is 16.9 Å². The summed E-state index contributed by atoms with van der Waals surface area (Å²) in [6, 6.07) is 5.68. The van der Waals surface area contributed by atoms with E-state index < -0.39 is 13.3 Å². The van der Waals surface area contributed by atoms with Gasteiger partial charge in [0.25, 0.3) is 0 Å². The molecule has 0 fully saturated rings. The Kier molecular flexibility index (Phi) is 7.27. The van der Waals surface area contributed by atoms with Crippen LogP contribution in [0.1, 0.15) is 26.7 Å². The topological polar surface area (TPSA) is 87.5 Å². The van der Waals surface area contributed by atoms with Crippen molar-refractivity contribution in [2.75, 3.05) is 12.3 Å². The van der Waals surface area contributed by atoms with Crippen LogP contribution >= 0.6 is 29.0 Å². The van der Waals surface area contributed by atoms with Gasteiger partial charge in [-0.15, -0.1) is 0 Å². The van der Waals surface area contributed by atoms with Crippen molar-refractivity contribution >= 4 is 34.9 Å². The summed E-state index contributed by atoms with van der Waals surface area (Å²) >= 11 is 0. The fraction of sp³-hybridized carbons (Fsp3) is 0.538. The molecule has 0 spiro atoms. The molecular formula is C13H20NO4PS2. The second-order valence-electron chi connectivity index (χ2n) is 5.28. The largest absolute Gasteiger partial charge is 0.481 e. The van der Waals surface area contributed by atoms with E-state index in [0.717, 1.165) is 5.03 Å². The molecule has 1 atom stereocenters. The van der Waals surface area contributed by atoms with Gasteiger partial charge in [0.2, 0.25) is 7.37 Å². The van der Waals surface area contributed by atoms with Crippen LogP contribution in [0.2, 0.25) is 0 Å². The van der Waals surface area contributed by atoms with E-state index in [0.29, 0.717) is 6.42 Å². The van der Waals surface area contributed by atoms with Crippen molar-refractivity contribution in [1.82, 2.24) is 4.98 Å². The molecule has 2 N–H and O–H groups in total. The van der Waals surface area contributed by atoms with Crippen LogP contribution in [-0.4, -0.2) is 38.0 Å². The van der Waals surface area contributed by atoms with Crippen LogP contribution in [0.25, 0.3) is 0 Å². The maximum absolute atomic E-state index is 11.9. The molecule has 5 nitrogen and oxygen atoms in total. The summed E-state index contributed by atoms with van der Waals surface area (Å²) in [5.74, 6) is -1.04. The zero-order valence-corrected chi connectivity index (χ0v) is 14.6. The minimum absolute atomic E-state index is 0.142. The molecule has 0 aromatic carbocycles. The lowest BCUT2D eigenvalue weighted by atomic mass is 10.1. The van der Waals surface area contributed by atoms with Crippen molar-refractivity contribution in [2.24, 2.45) is 0 Å². The van der Waals surface area contributed by atoms with Gasteiger partial charge in [0.05, 0.1) is 6.42 Å². The standard InChI is InChI=1S/C13H20NO4PS2/c1-13(2,21-20-11-5-3-4-8-14-11)7-10-19(17,18)9-6-12(15)16/h3-5,8H,6-7,9-10H2,1-2H3,(H,15,16)(H,17,18). The summed E-state index contributed by atoms with van der Waals surface area (Å²) in [5.41, 5.74) is 0. The van der Waals surface area contributed by atoms with E-state index >= 15 is 0 Å². The first kappa shape index (κ1) is 18.6. The Morgan fingerprint density at radius 1 is 1.38 bits per heavy atom. The van der Waals surface area contributed by atoms with Gasteiger partial charge in [0.15, 0.2) is 0 Å². The monoisotopic (exact) mass is 349 g/mol. The minimum Gasteiger partial charge on any atom is -0.481 e. The Labute approximate surface area is 132 Å². The molecule has 0 amide bonds. The summed E-state index contributed by atoms with van der Waals surface area (Å²) in [5, 5.41) is 9.47. The van der Waals surface area contributed by atoms with Crippen LogP contribution in [0.5, 0.6) is 0 Å². The van der Waals surface area contributed by atoms with Crippen molar-refractivity contribution in [1.29, 1.82) is 0 Å². The first-order valence-corrected chi connectivity index (χ1v) is 10.7. The third kappa shape index (κ3) is 8.51. The Hall–Kier alpha value is -0.490. The molecule has 21 heavy (non-hydrogen) atoms. The molecule has 0 aliphatic carbocycles. The fourth-order valence-electron chi connectivity index (χ4n) is 1.42. The van der Waals surface area contributed by atoms with Gasteiger partial charge >= 0.3 is 5.97 Å². The summed E-state index contributed by atoms with van der Waals surface area (Å²) in [6.07, 6.45) is 2.00. The first-order chi connectivity index (χ1) is 9.70. The molecule has 0 saturated carbocycles. The van der Waals surface area contributed by atoms with Crippen LogP contribution in [0.4, 0.5) is 0 Å². The Bertz CT molecular complexity index is 510. The molecule has 0 radical (unpaired) electrons. The Morgan fingerprint density at radius 2 is 2.10 bits per heavy atom. The van der Waals surface area contributed by atoms with E-state index in [1.54, 1.807) is 17.0 Å². The van der Waals surface area contributed by atoms with Gasteiger partial charge in [-0.2, -0.15) is 0 Å². The van der Waals surface area contributed by atoms with Crippen LogP contribution < -0.4 is 0 Å². The zero-order chi connectivity index (χ0) is 15.9. The van der Waals surface area contributed by atoms with Crippen LogP contribution in [0.15, 0.2) is 29.4 Å². The minimum atomic E-state index is -3.36. The first-order valence-electron chi connectivity index (χ1n) is 6.50. The predicted octanol–water partition coefficient (Wildman–Crippen LogP) is 3.74. The van der Waals surface area contributed by atoms with Gasteiger partial charge in [0.1, 0.15) is 5.03 Å². The molecule has 8 heteroatoms. The highest BCUT2D eigenvalue weighted by Gasteiger charge is 2.26. The highest BCUT2D eigenvalue weighted by molar-refractivity contribution is 8.77. The van der Waals surface area contributed by atoms with E-state index in [2.05, 4.69) is 4.98 Å². The lowest BCUT2D eigenvalue weighted by Gasteiger charge is -2.24. The Balaban J connectivity index is 2.41.